The fourth-order valence-electron chi connectivity index (χ4n) is 2.14. The fourth-order valence-corrected chi connectivity index (χ4v) is 2.38. The Labute approximate surface area is 112 Å². The van der Waals surface area contributed by atoms with Crippen LogP contribution in [-0.4, -0.2) is 10.9 Å². The zero-order valence-corrected chi connectivity index (χ0v) is 10.2. The molecule has 1 unspecified atom stereocenters. The highest BCUT2D eigenvalue weighted by atomic mass is 35.5. The van der Waals surface area contributed by atoms with Crippen molar-refractivity contribution in [3.8, 4) is 0 Å². The Balaban J connectivity index is 2.17. The van der Waals surface area contributed by atoms with Crippen LogP contribution in [0.5, 0.6) is 0 Å². The molecule has 1 aromatic heterocycles. The van der Waals surface area contributed by atoms with Gasteiger partial charge in [0.1, 0.15) is 11.6 Å². The molecule has 96 valence electrons. The maximum atomic E-state index is 13.5. The van der Waals surface area contributed by atoms with E-state index in [9.17, 15) is 13.6 Å². The van der Waals surface area contributed by atoms with E-state index in [1.807, 2.05) is 0 Å². The summed E-state index contributed by atoms with van der Waals surface area (Å²) in [4.78, 5) is 15.8. The number of carbonyl (C=O) groups is 1. The smallest absolute Gasteiger partial charge is 0.237 e. The van der Waals surface area contributed by atoms with Gasteiger partial charge in [-0.2, -0.15) is 0 Å². The number of benzene rings is 1. The lowest BCUT2D eigenvalue weighted by atomic mass is 9.93. The second kappa shape index (κ2) is 4.28. The highest BCUT2D eigenvalue weighted by molar-refractivity contribution is 6.33. The Morgan fingerprint density at radius 1 is 1.21 bits per heavy atom. The summed E-state index contributed by atoms with van der Waals surface area (Å²) in [5.74, 6) is -1.99. The average molecular weight is 281 g/mol. The van der Waals surface area contributed by atoms with E-state index in [1.54, 1.807) is 0 Å². The van der Waals surface area contributed by atoms with E-state index >= 15 is 0 Å². The monoisotopic (exact) mass is 280 g/mol. The highest BCUT2D eigenvalue weighted by Gasteiger charge is 2.36. The topological polar surface area (TPSA) is 42.0 Å². The van der Waals surface area contributed by atoms with Gasteiger partial charge in [-0.1, -0.05) is 23.7 Å². The third kappa shape index (κ3) is 1.86. The SMILES string of the molecule is O=C1Nc2ncc(F)c(Cl)c2C1c1ccc(F)cc1. The van der Waals surface area contributed by atoms with Gasteiger partial charge in [-0.15, -0.1) is 0 Å². The minimum absolute atomic E-state index is 0.141. The van der Waals surface area contributed by atoms with Crippen molar-refractivity contribution in [2.45, 2.75) is 5.92 Å². The van der Waals surface area contributed by atoms with Crippen LogP contribution >= 0.6 is 11.6 Å². The zero-order chi connectivity index (χ0) is 13.6. The minimum Gasteiger partial charge on any atom is -0.310 e. The number of halogens is 3. The number of fused-ring (bicyclic) bond motifs is 1. The predicted octanol–water partition coefficient (Wildman–Crippen LogP) is 3.10. The van der Waals surface area contributed by atoms with Gasteiger partial charge in [0, 0.05) is 5.56 Å². The van der Waals surface area contributed by atoms with E-state index in [1.165, 1.54) is 24.3 Å². The van der Waals surface area contributed by atoms with Crippen LogP contribution in [0.2, 0.25) is 5.02 Å². The average Bonchev–Trinajstić information content (AvgIpc) is 2.72. The number of anilines is 1. The summed E-state index contributed by atoms with van der Waals surface area (Å²) in [5.41, 5.74) is 0.824. The predicted molar refractivity (Wildman–Crippen MR) is 66.1 cm³/mol. The first-order valence-corrected chi connectivity index (χ1v) is 5.86. The van der Waals surface area contributed by atoms with Crippen molar-refractivity contribution in [3.05, 3.63) is 58.2 Å². The number of nitrogens with one attached hydrogen (secondary N) is 1. The van der Waals surface area contributed by atoms with Crippen molar-refractivity contribution in [2.24, 2.45) is 0 Å². The van der Waals surface area contributed by atoms with Gasteiger partial charge in [-0.3, -0.25) is 4.79 Å². The molecular formula is C13H7ClF2N2O. The molecule has 6 heteroatoms. The molecule has 0 fully saturated rings. The molecule has 1 aromatic carbocycles. The first-order valence-electron chi connectivity index (χ1n) is 5.48. The molecule has 1 atom stereocenters. The van der Waals surface area contributed by atoms with Gasteiger partial charge in [0.05, 0.1) is 17.1 Å². The van der Waals surface area contributed by atoms with Crippen LogP contribution in [0.15, 0.2) is 30.5 Å². The number of aromatic nitrogens is 1. The molecule has 0 radical (unpaired) electrons. The molecule has 0 bridgehead atoms. The van der Waals surface area contributed by atoms with Gasteiger partial charge < -0.3 is 5.32 Å². The van der Waals surface area contributed by atoms with Crippen LogP contribution in [0.25, 0.3) is 0 Å². The number of rotatable bonds is 1. The molecule has 19 heavy (non-hydrogen) atoms. The quantitative estimate of drug-likeness (QED) is 0.872. The van der Waals surface area contributed by atoms with Crippen molar-refractivity contribution in [3.63, 3.8) is 0 Å². The maximum Gasteiger partial charge on any atom is 0.237 e. The first kappa shape index (κ1) is 12.0. The summed E-state index contributed by atoms with van der Waals surface area (Å²) in [6.07, 6.45) is 0.953. The molecule has 0 saturated heterocycles. The van der Waals surface area contributed by atoms with E-state index in [4.69, 9.17) is 11.6 Å². The standard InChI is InChI=1S/C13H7ClF2N2O/c14-11-8(16)5-17-12-10(11)9(13(19)18-12)6-1-3-7(15)4-2-6/h1-5,9H,(H,17,18,19). The minimum atomic E-state index is -0.772. The van der Waals surface area contributed by atoms with Gasteiger partial charge >= 0.3 is 0 Å². The molecule has 1 amide bonds. The normalized spacial score (nSPS) is 17.2. The Bertz CT molecular complexity index is 673. The number of nitrogens with zero attached hydrogens (tertiary/aromatic N) is 1. The van der Waals surface area contributed by atoms with Crippen LogP contribution in [-0.2, 0) is 4.79 Å². The van der Waals surface area contributed by atoms with E-state index < -0.39 is 17.6 Å². The second-order valence-electron chi connectivity index (χ2n) is 4.16. The summed E-state index contributed by atoms with van der Waals surface area (Å²) in [5, 5.41) is 2.39. The molecule has 0 spiro atoms. The molecule has 1 aliphatic heterocycles. The number of carbonyl (C=O) groups excluding carboxylic acids is 1. The lowest BCUT2D eigenvalue weighted by molar-refractivity contribution is -0.116. The number of hydrogen-bond donors (Lipinski definition) is 1. The zero-order valence-electron chi connectivity index (χ0n) is 9.45. The van der Waals surface area contributed by atoms with Crippen molar-refractivity contribution >= 4 is 23.3 Å². The third-order valence-corrected chi connectivity index (χ3v) is 3.39. The van der Waals surface area contributed by atoms with Crippen LogP contribution in [0.3, 0.4) is 0 Å². The van der Waals surface area contributed by atoms with Gasteiger partial charge in [0.25, 0.3) is 0 Å². The largest absolute Gasteiger partial charge is 0.310 e. The molecule has 3 rings (SSSR count). The molecule has 3 nitrogen and oxygen atoms in total. The number of pyridine rings is 1. The Kier molecular flexibility index (Phi) is 2.71. The summed E-state index contributed by atoms with van der Waals surface area (Å²) in [7, 11) is 0. The van der Waals surface area contributed by atoms with E-state index in [-0.39, 0.29) is 16.7 Å². The van der Waals surface area contributed by atoms with Crippen LogP contribution in [0.1, 0.15) is 17.0 Å². The van der Waals surface area contributed by atoms with Crippen molar-refractivity contribution < 1.29 is 13.6 Å². The molecule has 2 aromatic rings. The summed E-state index contributed by atoms with van der Waals surface area (Å²) >= 11 is 5.90. The fraction of sp³-hybridized carbons (Fsp3) is 0.0769. The molecule has 1 N–H and O–H groups in total. The Morgan fingerprint density at radius 3 is 2.58 bits per heavy atom. The van der Waals surface area contributed by atoms with E-state index in [2.05, 4.69) is 10.3 Å². The van der Waals surface area contributed by atoms with Crippen molar-refractivity contribution in [1.29, 1.82) is 0 Å². The third-order valence-electron chi connectivity index (χ3n) is 3.00. The van der Waals surface area contributed by atoms with Crippen molar-refractivity contribution in [1.82, 2.24) is 4.98 Å². The Hall–Kier alpha value is -2.01. The van der Waals surface area contributed by atoms with Gasteiger partial charge in [-0.05, 0) is 17.7 Å². The lowest BCUT2D eigenvalue weighted by Crippen LogP contribution is -2.13. The van der Waals surface area contributed by atoms with E-state index in [0.29, 0.717) is 11.1 Å². The summed E-state index contributed by atoms with van der Waals surface area (Å²) in [6, 6.07) is 5.41. The molecular weight excluding hydrogens is 274 g/mol. The van der Waals surface area contributed by atoms with Gasteiger partial charge in [0.2, 0.25) is 5.91 Å². The second-order valence-corrected chi connectivity index (χ2v) is 4.53. The molecule has 0 saturated carbocycles. The van der Waals surface area contributed by atoms with Crippen LogP contribution in [0.4, 0.5) is 14.6 Å². The number of hydrogen-bond acceptors (Lipinski definition) is 2. The lowest BCUT2D eigenvalue weighted by Gasteiger charge is -2.10. The summed E-state index contributed by atoms with van der Waals surface area (Å²) < 4.78 is 26.4. The molecule has 0 aliphatic carbocycles. The molecule has 2 heterocycles. The summed E-state index contributed by atoms with van der Waals surface area (Å²) in [6.45, 7) is 0. The highest BCUT2D eigenvalue weighted by Crippen LogP contribution is 2.41. The number of amides is 1. The van der Waals surface area contributed by atoms with Crippen molar-refractivity contribution in [2.75, 3.05) is 5.32 Å². The maximum absolute atomic E-state index is 13.5. The van der Waals surface area contributed by atoms with Crippen LogP contribution < -0.4 is 5.32 Å². The van der Waals surface area contributed by atoms with Gasteiger partial charge in [-0.25, -0.2) is 13.8 Å². The van der Waals surface area contributed by atoms with E-state index in [0.717, 1.165) is 6.20 Å². The van der Waals surface area contributed by atoms with Gasteiger partial charge in [0.15, 0.2) is 5.82 Å². The Morgan fingerprint density at radius 2 is 1.89 bits per heavy atom. The first-order chi connectivity index (χ1) is 9.08. The van der Waals surface area contributed by atoms with Crippen LogP contribution in [0, 0.1) is 11.6 Å². The molecule has 1 aliphatic rings.